The zero-order valence-electron chi connectivity index (χ0n) is 18.5. The third-order valence-corrected chi connectivity index (χ3v) is 6.49. The largest absolute Gasteiger partial charge is 0.492 e. The Morgan fingerprint density at radius 2 is 1.78 bits per heavy atom. The van der Waals surface area contributed by atoms with Gasteiger partial charge in [-0.3, -0.25) is 14.2 Å². The van der Waals surface area contributed by atoms with Crippen LogP contribution in [0.4, 0.5) is 17.6 Å². The van der Waals surface area contributed by atoms with E-state index in [0.29, 0.717) is 18.8 Å². The lowest BCUT2D eigenvalue weighted by Gasteiger charge is -2.42. The van der Waals surface area contributed by atoms with E-state index in [4.69, 9.17) is 4.74 Å². The van der Waals surface area contributed by atoms with Gasteiger partial charge >= 0.3 is 6.18 Å². The molecule has 2 aromatic carbocycles. The van der Waals surface area contributed by atoms with Crippen LogP contribution >= 0.6 is 0 Å². The third-order valence-electron chi connectivity index (χ3n) is 6.49. The minimum Gasteiger partial charge on any atom is -0.492 e. The minimum atomic E-state index is -4.27. The number of benzene rings is 2. The van der Waals surface area contributed by atoms with E-state index in [1.54, 1.807) is 4.90 Å². The normalized spacial score (nSPS) is 22.4. The number of hydrogen-bond donors (Lipinski definition) is 0. The second-order valence-corrected chi connectivity index (χ2v) is 9.14. The highest BCUT2D eigenvalue weighted by molar-refractivity contribution is 5.43. The van der Waals surface area contributed by atoms with Crippen molar-refractivity contribution in [1.82, 2.24) is 9.80 Å². The maximum absolute atomic E-state index is 13.4. The van der Waals surface area contributed by atoms with Crippen LogP contribution in [0, 0.1) is 12.8 Å². The van der Waals surface area contributed by atoms with Crippen molar-refractivity contribution in [3.05, 3.63) is 64.7 Å². The Labute approximate surface area is 187 Å². The predicted octanol–water partition coefficient (Wildman–Crippen LogP) is 5.17. The average Bonchev–Trinajstić information content (AvgIpc) is 2.70. The van der Waals surface area contributed by atoms with Crippen molar-refractivity contribution in [3.8, 4) is 5.75 Å². The summed E-state index contributed by atoms with van der Waals surface area (Å²) in [6, 6.07) is 12.7. The molecular weight excluding hydrogens is 420 g/mol. The Hall–Kier alpha value is -2.12. The van der Waals surface area contributed by atoms with E-state index in [2.05, 4.69) is 11.0 Å². The van der Waals surface area contributed by atoms with Crippen molar-refractivity contribution in [2.45, 2.75) is 38.5 Å². The van der Waals surface area contributed by atoms with Gasteiger partial charge in [0.2, 0.25) is 0 Å². The van der Waals surface area contributed by atoms with E-state index in [1.165, 1.54) is 0 Å². The maximum atomic E-state index is 13.4. The Kier molecular flexibility index (Phi) is 6.77. The number of nitrogens with zero attached hydrogens (tertiary/aromatic N) is 2. The first kappa shape index (κ1) is 23.1. The molecule has 0 amide bonds. The van der Waals surface area contributed by atoms with Gasteiger partial charge in [0.05, 0.1) is 19.3 Å². The van der Waals surface area contributed by atoms with Gasteiger partial charge in [-0.05, 0) is 49.1 Å². The van der Waals surface area contributed by atoms with Crippen LogP contribution in [0.1, 0.15) is 35.2 Å². The topological polar surface area (TPSA) is 15.7 Å². The molecule has 2 aromatic rings. The molecule has 1 saturated heterocycles. The van der Waals surface area contributed by atoms with Gasteiger partial charge in [-0.2, -0.15) is 13.2 Å². The molecule has 0 saturated carbocycles. The quantitative estimate of drug-likeness (QED) is 0.541. The first-order valence-electron chi connectivity index (χ1n) is 11.2. The molecule has 0 spiro atoms. The minimum absolute atomic E-state index is 0.151. The molecule has 0 aromatic heterocycles. The van der Waals surface area contributed by atoms with Crippen LogP contribution in [-0.2, 0) is 6.42 Å². The first-order chi connectivity index (χ1) is 15.2. The van der Waals surface area contributed by atoms with Crippen molar-refractivity contribution in [3.63, 3.8) is 0 Å². The molecular formula is C25H30F4N2O. The maximum Gasteiger partial charge on any atom is 0.401 e. The molecule has 2 atom stereocenters. The summed E-state index contributed by atoms with van der Waals surface area (Å²) in [5.41, 5.74) is 3.99. The molecule has 1 fully saturated rings. The van der Waals surface area contributed by atoms with Crippen molar-refractivity contribution in [2.75, 3.05) is 39.5 Å². The fraction of sp³-hybridized carbons (Fsp3) is 0.520. The van der Waals surface area contributed by atoms with Gasteiger partial charge in [0.1, 0.15) is 12.4 Å². The lowest BCUT2D eigenvalue weighted by atomic mass is 9.84. The number of ether oxygens (including phenoxy) is 1. The van der Waals surface area contributed by atoms with Gasteiger partial charge < -0.3 is 4.74 Å². The molecule has 32 heavy (non-hydrogen) atoms. The summed E-state index contributed by atoms with van der Waals surface area (Å²) >= 11 is 0. The fourth-order valence-electron chi connectivity index (χ4n) is 4.87. The van der Waals surface area contributed by atoms with Gasteiger partial charge in [-0.25, -0.2) is 0 Å². The predicted molar refractivity (Wildman–Crippen MR) is 117 cm³/mol. The lowest BCUT2D eigenvalue weighted by Crippen LogP contribution is -2.49. The number of hydrogen-bond acceptors (Lipinski definition) is 3. The smallest absolute Gasteiger partial charge is 0.401 e. The molecule has 2 aliphatic heterocycles. The molecule has 0 radical (unpaired) electrons. The van der Waals surface area contributed by atoms with Crippen molar-refractivity contribution >= 4 is 0 Å². The Bertz CT molecular complexity index is 909. The molecule has 4 rings (SSSR count). The summed E-state index contributed by atoms with van der Waals surface area (Å²) in [7, 11) is 0. The number of halogens is 4. The molecule has 0 aliphatic carbocycles. The summed E-state index contributed by atoms with van der Waals surface area (Å²) in [5, 5.41) is 0. The van der Waals surface area contributed by atoms with Crippen molar-refractivity contribution < 1.29 is 22.3 Å². The molecule has 2 aliphatic rings. The van der Waals surface area contributed by atoms with Crippen LogP contribution in [0.2, 0.25) is 0 Å². The van der Waals surface area contributed by atoms with Crippen LogP contribution in [0.3, 0.4) is 0 Å². The number of aryl methyl sites for hydroxylation is 1. The number of likely N-dealkylation sites (tertiary alicyclic amines) is 1. The highest BCUT2D eigenvalue weighted by atomic mass is 19.4. The number of fused-ring (bicyclic) bond motifs is 1. The molecule has 0 N–H and O–H groups in total. The van der Waals surface area contributed by atoms with E-state index in [1.807, 2.05) is 50.2 Å². The average molecular weight is 451 g/mol. The first-order valence-corrected chi connectivity index (χ1v) is 11.2. The van der Waals surface area contributed by atoms with E-state index < -0.39 is 18.8 Å². The van der Waals surface area contributed by atoms with Gasteiger partial charge in [0.15, 0.2) is 0 Å². The SMILES string of the molecule is Cc1ccc2c(c1)C[C@@H](C)N(CC(F)(F)F)[C@@H]2c1ccc(OCCN2CC(CF)C2)cc1. The molecule has 0 bridgehead atoms. The van der Waals surface area contributed by atoms with Crippen LogP contribution < -0.4 is 4.74 Å². The summed E-state index contributed by atoms with van der Waals surface area (Å²) < 4.78 is 58.5. The summed E-state index contributed by atoms with van der Waals surface area (Å²) in [6.07, 6.45) is -3.67. The second-order valence-electron chi connectivity index (χ2n) is 9.14. The van der Waals surface area contributed by atoms with Gasteiger partial charge in [0, 0.05) is 31.6 Å². The molecule has 0 unspecified atom stereocenters. The standard InChI is InChI=1S/C25H30F4N2O/c1-17-3-8-23-21(11-17)12-18(2)31(16-25(27,28)29)24(23)20-4-6-22(7-5-20)32-10-9-30-14-19(13-26)15-30/h3-8,11,18-19,24H,9-10,12-16H2,1-2H3/t18-,24-/m1/s1. The molecule has 3 nitrogen and oxygen atoms in total. The van der Waals surface area contributed by atoms with Crippen LogP contribution in [-0.4, -0.2) is 61.5 Å². The Morgan fingerprint density at radius 3 is 2.44 bits per heavy atom. The van der Waals surface area contributed by atoms with Gasteiger partial charge in [-0.15, -0.1) is 0 Å². The zero-order chi connectivity index (χ0) is 22.9. The van der Waals surface area contributed by atoms with Crippen molar-refractivity contribution in [1.29, 1.82) is 0 Å². The number of rotatable bonds is 7. The molecule has 174 valence electrons. The van der Waals surface area contributed by atoms with E-state index in [-0.39, 0.29) is 18.6 Å². The van der Waals surface area contributed by atoms with Gasteiger partial charge in [-0.1, -0.05) is 35.9 Å². The number of alkyl halides is 4. The molecule has 7 heteroatoms. The summed E-state index contributed by atoms with van der Waals surface area (Å²) in [5.74, 6) is 0.838. The molecule has 2 heterocycles. The summed E-state index contributed by atoms with van der Waals surface area (Å²) in [6.45, 7) is 5.44. The highest BCUT2D eigenvalue weighted by Gasteiger charge is 2.40. The summed E-state index contributed by atoms with van der Waals surface area (Å²) in [4.78, 5) is 3.70. The van der Waals surface area contributed by atoms with E-state index >= 15 is 0 Å². The van der Waals surface area contributed by atoms with Gasteiger partial charge in [0.25, 0.3) is 0 Å². The second kappa shape index (κ2) is 9.40. The highest BCUT2D eigenvalue weighted by Crippen LogP contribution is 2.40. The monoisotopic (exact) mass is 450 g/mol. The van der Waals surface area contributed by atoms with Crippen LogP contribution in [0.25, 0.3) is 0 Å². The van der Waals surface area contributed by atoms with Crippen molar-refractivity contribution in [2.24, 2.45) is 5.92 Å². The Balaban J connectivity index is 1.50. The van der Waals surface area contributed by atoms with Crippen LogP contribution in [0.15, 0.2) is 42.5 Å². The zero-order valence-corrected chi connectivity index (χ0v) is 18.5. The third kappa shape index (κ3) is 5.26. The van der Waals surface area contributed by atoms with Crippen LogP contribution in [0.5, 0.6) is 5.75 Å². The van der Waals surface area contributed by atoms with E-state index in [9.17, 15) is 17.6 Å². The lowest BCUT2D eigenvalue weighted by molar-refractivity contribution is -0.155. The fourth-order valence-corrected chi connectivity index (χ4v) is 4.87. The Morgan fingerprint density at radius 1 is 1.06 bits per heavy atom. The van der Waals surface area contributed by atoms with E-state index in [0.717, 1.165) is 41.9 Å².